The van der Waals surface area contributed by atoms with E-state index in [4.69, 9.17) is 0 Å². The first kappa shape index (κ1) is 15.8. The number of aromatic nitrogens is 3. The lowest BCUT2D eigenvalue weighted by Gasteiger charge is -2.11. The molecule has 0 aromatic carbocycles. The molecule has 0 bridgehead atoms. The number of hydrogen-bond donors (Lipinski definition) is 3. The number of aromatic amines is 1. The highest BCUT2D eigenvalue weighted by molar-refractivity contribution is 5.89. The Morgan fingerprint density at radius 2 is 2.14 bits per heavy atom. The summed E-state index contributed by atoms with van der Waals surface area (Å²) < 4.78 is 37.7. The average molecular weight is 313 g/mol. The van der Waals surface area contributed by atoms with E-state index in [1.165, 1.54) is 13.0 Å². The Morgan fingerprint density at radius 3 is 2.73 bits per heavy atom. The van der Waals surface area contributed by atoms with Crippen molar-refractivity contribution < 1.29 is 18.0 Å². The minimum Gasteiger partial charge on any atom is -0.338 e. The number of anilines is 1. The van der Waals surface area contributed by atoms with Gasteiger partial charge in [0.05, 0.1) is 18.1 Å². The number of carbonyl (C=O) groups is 1. The lowest BCUT2D eigenvalue weighted by Crippen LogP contribution is -2.30. The number of pyridine rings is 1. The van der Waals surface area contributed by atoms with E-state index in [-0.39, 0.29) is 11.3 Å². The van der Waals surface area contributed by atoms with E-state index >= 15 is 0 Å². The third-order valence-electron chi connectivity index (χ3n) is 2.86. The third kappa shape index (κ3) is 4.21. The van der Waals surface area contributed by atoms with Gasteiger partial charge in [0.15, 0.2) is 0 Å². The largest absolute Gasteiger partial charge is 0.433 e. The van der Waals surface area contributed by atoms with Crippen LogP contribution in [0.3, 0.4) is 0 Å². The molecule has 2 heterocycles. The van der Waals surface area contributed by atoms with Crippen LogP contribution in [-0.2, 0) is 12.6 Å². The number of hydrogen-bond acceptors (Lipinski definition) is 3. The maximum Gasteiger partial charge on any atom is 0.433 e. The molecule has 0 radical (unpaired) electrons. The van der Waals surface area contributed by atoms with Crippen LogP contribution in [0.4, 0.5) is 23.7 Å². The number of urea groups is 1. The van der Waals surface area contributed by atoms with Crippen LogP contribution < -0.4 is 10.6 Å². The van der Waals surface area contributed by atoms with E-state index in [0.29, 0.717) is 13.0 Å². The fraction of sp³-hybridized carbons (Fsp3) is 0.308. The second-order valence-electron chi connectivity index (χ2n) is 4.62. The molecule has 0 unspecified atom stereocenters. The van der Waals surface area contributed by atoms with Crippen LogP contribution in [0.1, 0.15) is 16.8 Å². The van der Waals surface area contributed by atoms with Crippen molar-refractivity contribution in [1.29, 1.82) is 0 Å². The van der Waals surface area contributed by atoms with Gasteiger partial charge in [0, 0.05) is 12.7 Å². The number of H-pyrrole nitrogens is 1. The van der Waals surface area contributed by atoms with Crippen molar-refractivity contribution >= 4 is 11.7 Å². The van der Waals surface area contributed by atoms with Crippen molar-refractivity contribution in [1.82, 2.24) is 20.5 Å². The molecule has 0 aliphatic heterocycles. The van der Waals surface area contributed by atoms with Gasteiger partial charge in [-0.1, -0.05) is 0 Å². The summed E-state index contributed by atoms with van der Waals surface area (Å²) in [6.07, 6.45) is 0.417. The van der Waals surface area contributed by atoms with Crippen LogP contribution in [0.15, 0.2) is 24.7 Å². The molecule has 22 heavy (non-hydrogen) atoms. The number of alkyl halides is 3. The van der Waals surface area contributed by atoms with Gasteiger partial charge in [-0.15, -0.1) is 0 Å². The lowest BCUT2D eigenvalue weighted by atomic mass is 10.2. The molecule has 9 heteroatoms. The quantitative estimate of drug-likeness (QED) is 0.811. The first-order valence-electron chi connectivity index (χ1n) is 6.42. The fourth-order valence-electron chi connectivity index (χ4n) is 1.85. The van der Waals surface area contributed by atoms with Crippen LogP contribution in [0.25, 0.3) is 0 Å². The number of carbonyl (C=O) groups excluding carboxylic acids is 1. The summed E-state index contributed by atoms with van der Waals surface area (Å²) in [5.74, 6) is 0. The number of rotatable bonds is 4. The van der Waals surface area contributed by atoms with Crippen molar-refractivity contribution in [3.8, 4) is 0 Å². The Bertz CT molecular complexity index is 640. The highest BCUT2D eigenvalue weighted by atomic mass is 19.4. The molecule has 2 aromatic rings. The van der Waals surface area contributed by atoms with Crippen molar-refractivity contribution in [3.05, 3.63) is 41.5 Å². The first-order valence-corrected chi connectivity index (χ1v) is 6.42. The van der Waals surface area contributed by atoms with Crippen molar-refractivity contribution in [2.45, 2.75) is 19.5 Å². The van der Waals surface area contributed by atoms with Gasteiger partial charge in [-0.3, -0.25) is 5.10 Å². The number of nitrogens with one attached hydrogen (secondary N) is 3. The summed E-state index contributed by atoms with van der Waals surface area (Å²) in [7, 11) is 0. The second kappa shape index (κ2) is 6.46. The Kier molecular flexibility index (Phi) is 4.64. The maximum atomic E-state index is 12.6. The summed E-state index contributed by atoms with van der Waals surface area (Å²) >= 11 is 0. The molecule has 0 saturated carbocycles. The molecule has 0 atom stereocenters. The second-order valence-corrected chi connectivity index (χ2v) is 4.62. The van der Waals surface area contributed by atoms with Crippen molar-refractivity contribution in [2.75, 3.05) is 11.9 Å². The number of halogens is 3. The van der Waals surface area contributed by atoms with E-state index in [2.05, 4.69) is 25.8 Å². The molecule has 2 aromatic heterocycles. The van der Waals surface area contributed by atoms with E-state index in [9.17, 15) is 18.0 Å². The van der Waals surface area contributed by atoms with Crippen LogP contribution >= 0.6 is 0 Å². The predicted molar refractivity (Wildman–Crippen MR) is 73.3 cm³/mol. The predicted octanol–water partition coefficient (Wildman–Crippen LogP) is 2.50. The van der Waals surface area contributed by atoms with Crippen LogP contribution in [0.5, 0.6) is 0 Å². The summed E-state index contributed by atoms with van der Waals surface area (Å²) in [5, 5.41) is 11.5. The average Bonchev–Trinajstić information content (AvgIpc) is 2.90. The highest BCUT2D eigenvalue weighted by Gasteiger charge is 2.34. The standard InChI is InChI=1S/C13H14F3N5O/c1-8-4-10(7-18-11(8)13(14,15)16)21-12(22)17-3-2-9-5-19-20-6-9/h4-7H,2-3H2,1H3,(H,19,20)(H2,17,21,22). The van der Waals surface area contributed by atoms with Crippen LogP contribution in [0.2, 0.25) is 0 Å². The Labute approximate surface area is 124 Å². The molecule has 6 nitrogen and oxygen atoms in total. The van der Waals surface area contributed by atoms with Crippen molar-refractivity contribution in [3.63, 3.8) is 0 Å². The molecular formula is C13H14F3N5O. The third-order valence-corrected chi connectivity index (χ3v) is 2.86. The van der Waals surface area contributed by atoms with Crippen LogP contribution in [-0.4, -0.2) is 27.8 Å². The van der Waals surface area contributed by atoms with Crippen molar-refractivity contribution in [2.24, 2.45) is 0 Å². The molecule has 118 valence electrons. The smallest absolute Gasteiger partial charge is 0.338 e. The zero-order chi connectivity index (χ0) is 16.2. The van der Waals surface area contributed by atoms with Gasteiger partial charge in [-0.25, -0.2) is 9.78 Å². The zero-order valence-corrected chi connectivity index (χ0v) is 11.7. The molecule has 0 aliphatic rings. The van der Waals surface area contributed by atoms with E-state index in [1.54, 1.807) is 12.4 Å². The Morgan fingerprint density at radius 1 is 1.36 bits per heavy atom. The summed E-state index contributed by atoms with van der Waals surface area (Å²) in [6.45, 7) is 1.66. The molecule has 0 spiro atoms. The van der Waals surface area contributed by atoms with Gasteiger partial charge >= 0.3 is 12.2 Å². The maximum absolute atomic E-state index is 12.6. The molecular weight excluding hydrogens is 299 g/mol. The number of aryl methyl sites for hydroxylation is 1. The molecule has 0 saturated heterocycles. The van der Waals surface area contributed by atoms with E-state index in [0.717, 1.165) is 11.8 Å². The number of amides is 2. The Hall–Kier alpha value is -2.58. The van der Waals surface area contributed by atoms with Gasteiger partial charge < -0.3 is 10.6 Å². The van der Waals surface area contributed by atoms with Crippen LogP contribution in [0, 0.1) is 6.92 Å². The molecule has 2 amide bonds. The summed E-state index contributed by atoms with van der Waals surface area (Å²) in [5.41, 5.74) is 0.126. The zero-order valence-electron chi connectivity index (χ0n) is 11.7. The van der Waals surface area contributed by atoms with Gasteiger partial charge in [0.25, 0.3) is 0 Å². The summed E-state index contributed by atoms with van der Waals surface area (Å²) in [4.78, 5) is 15.0. The van der Waals surface area contributed by atoms with E-state index in [1.807, 2.05) is 0 Å². The monoisotopic (exact) mass is 313 g/mol. The molecule has 0 aliphatic carbocycles. The highest BCUT2D eigenvalue weighted by Crippen LogP contribution is 2.30. The Balaban J connectivity index is 1.87. The SMILES string of the molecule is Cc1cc(NC(=O)NCCc2cn[nH]c2)cnc1C(F)(F)F. The lowest BCUT2D eigenvalue weighted by molar-refractivity contribution is -0.141. The van der Waals surface area contributed by atoms with E-state index < -0.39 is 17.9 Å². The minimum atomic E-state index is -4.50. The first-order chi connectivity index (χ1) is 10.4. The number of nitrogens with zero attached hydrogens (tertiary/aromatic N) is 2. The van der Waals surface area contributed by atoms with Gasteiger partial charge in [0.1, 0.15) is 5.69 Å². The molecule has 3 N–H and O–H groups in total. The topological polar surface area (TPSA) is 82.7 Å². The molecule has 2 rings (SSSR count). The molecule has 0 fully saturated rings. The van der Waals surface area contributed by atoms with Gasteiger partial charge in [0.2, 0.25) is 0 Å². The minimum absolute atomic E-state index is 0.0521. The van der Waals surface area contributed by atoms with Gasteiger partial charge in [-0.2, -0.15) is 18.3 Å². The normalized spacial score (nSPS) is 11.3. The fourth-order valence-corrected chi connectivity index (χ4v) is 1.85. The summed E-state index contributed by atoms with van der Waals surface area (Å²) in [6, 6.07) is 0.718. The van der Waals surface area contributed by atoms with Gasteiger partial charge in [-0.05, 0) is 30.5 Å².